The second-order valence-corrected chi connectivity index (χ2v) is 6.69. The van der Waals surface area contributed by atoms with Gasteiger partial charge in [-0.15, -0.1) is 0 Å². The van der Waals surface area contributed by atoms with E-state index >= 15 is 0 Å². The molecule has 3 heteroatoms. The van der Waals surface area contributed by atoms with Gasteiger partial charge in [0.15, 0.2) is 0 Å². The Morgan fingerprint density at radius 2 is 1.69 bits per heavy atom. The summed E-state index contributed by atoms with van der Waals surface area (Å²) in [6.45, 7) is 2.03. The van der Waals surface area contributed by atoms with Crippen molar-refractivity contribution < 1.29 is 9.53 Å². The van der Waals surface area contributed by atoms with Crippen molar-refractivity contribution in [2.24, 2.45) is 0 Å². The number of anilines is 1. The van der Waals surface area contributed by atoms with Gasteiger partial charge in [-0.2, -0.15) is 0 Å². The third-order valence-electron chi connectivity index (χ3n) is 4.97. The molecule has 0 N–H and O–H groups in total. The van der Waals surface area contributed by atoms with Crippen molar-refractivity contribution in [2.75, 3.05) is 12.0 Å². The number of amides is 1. The normalized spacial score (nSPS) is 17.3. The third-order valence-corrected chi connectivity index (χ3v) is 4.97. The molecule has 0 saturated carbocycles. The van der Waals surface area contributed by atoms with Crippen LogP contribution in [0, 0.1) is 0 Å². The molecule has 1 heterocycles. The highest BCUT2D eigenvalue weighted by atomic mass is 16.5. The van der Waals surface area contributed by atoms with Gasteiger partial charge in [-0.1, -0.05) is 48.0 Å². The number of rotatable bonds is 3. The van der Waals surface area contributed by atoms with Crippen molar-refractivity contribution in [1.29, 1.82) is 0 Å². The number of carbonyl (C=O) groups excluding carboxylic acids is 1. The summed E-state index contributed by atoms with van der Waals surface area (Å²) in [4.78, 5) is 14.8. The number of hydrogen-bond acceptors (Lipinski definition) is 2. The Kier molecular flexibility index (Phi) is 4.21. The zero-order valence-electron chi connectivity index (χ0n) is 15.0. The number of benzene rings is 3. The molecule has 0 unspecified atom stereocenters. The van der Waals surface area contributed by atoms with Gasteiger partial charge in [0.2, 0.25) is 0 Å². The standard InChI is InChI=1S/C23H21NO2/c1-16-14-22(21-9-5-7-17-6-3-4-8-20(17)21)24(23(25)15-16)18-10-12-19(26-2)13-11-18/h3-13,15,22H,14H2,1-2H3/t22-/m0/s1. The molecule has 1 atom stereocenters. The zero-order valence-corrected chi connectivity index (χ0v) is 15.0. The second kappa shape index (κ2) is 6.68. The number of fused-ring (bicyclic) bond motifs is 1. The fourth-order valence-corrected chi connectivity index (χ4v) is 3.73. The monoisotopic (exact) mass is 343 g/mol. The Morgan fingerprint density at radius 3 is 2.46 bits per heavy atom. The van der Waals surface area contributed by atoms with Gasteiger partial charge in [0, 0.05) is 11.8 Å². The number of carbonyl (C=O) groups is 1. The van der Waals surface area contributed by atoms with Crippen LogP contribution < -0.4 is 9.64 Å². The van der Waals surface area contributed by atoms with E-state index in [1.165, 1.54) is 16.3 Å². The largest absolute Gasteiger partial charge is 0.497 e. The molecule has 0 spiro atoms. The molecule has 1 aliphatic rings. The molecule has 3 nitrogen and oxygen atoms in total. The minimum Gasteiger partial charge on any atom is -0.497 e. The number of methoxy groups -OCH3 is 1. The Bertz CT molecular complexity index is 983. The summed E-state index contributed by atoms with van der Waals surface area (Å²) in [6, 6.07) is 22.3. The van der Waals surface area contributed by atoms with Crippen molar-refractivity contribution in [1.82, 2.24) is 0 Å². The number of hydrogen-bond donors (Lipinski definition) is 0. The average Bonchev–Trinajstić information content (AvgIpc) is 2.67. The van der Waals surface area contributed by atoms with Gasteiger partial charge >= 0.3 is 0 Å². The molecule has 3 aromatic carbocycles. The molecule has 1 aliphatic heterocycles. The molecular weight excluding hydrogens is 322 g/mol. The van der Waals surface area contributed by atoms with Crippen LogP contribution in [0.25, 0.3) is 10.8 Å². The van der Waals surface area contributed by atoms with E-state index in [0.717, 1.165) is 23.4 Å². The van der Waals surface area contributed by atoms with Gasteiger partial charge in [0.25, 0.3) is 5.91 Å². The van der Waals surface area contributed by atoms with E-state index in [4.69, 9.17) is 4.74 Å². The summed E-state index contributed by atoms with van der Waals surface area (Å²) in [5, 5.41) is 2.39. The topological polar surface area (TPSA) is 29.5 Å². The fraction of sp³-hybridized carbons (Fsp3) is 0.174. The first-order valence-corrected chi connectivity index (χ1v) is 8.79. The zero-order chi connectivity index (χ0) is 18.1. The molecule has 0 aliphatic carbocycles. The van der Waals surface area contributed by atoms with E-state index in [1.54, 1.807) is 13.2 Å². The quantitative estimate of drug-likeness (QED) is 0.648. The Hall–Kier alpha value is -3.07. The molecule has 0 aromatic heterocycles. The fourth-order valence-electron chi connectivity index (χ4n) is 3.73. The lowest BCUT2D eigenvalue weighted by atomic mass is 9.90. The Morgan fingerprint density at radius 1 is 0.962 bits per heavy atom. The first-order chi connectivity index (χ1) is 12.7. The molecule has 0 saturated heterocycles. The van der Waals surface area contributed by atoms with Crippen LogP contribution in [-0.2, 0) is 4.79 Å². The SMILES string of the molecule is COc1ccc(N2C(=O)C=C(C)C[C@H]2c2cccc3ccccc23)cc1. The van der Waals surface area contributed by atoms with Crippen molar-refractivity contribution in [3.8, 4) is 5.75 Å². The van der Waals surface area contributed by atoms with Crippen LogP contribution >= 0.6 is 0 Å². The van der Waals surface area contributed by atoms with Crippen LogP contribution in [0.4, 0.5) is 5.69 Å². The van der Waals surface area contributed by atoms with Crippen LogP contribution in [-0.4, -0.2) is 13.0 Å². The smallest absolute Gasteiger partial charge is 0.251 e. The minimum absolute atomic E-state index is 0.0213. The predicted octanol–water partition coefficient (Wildman–Crippen LogP) is 5.27. The Balaban J connectivity index is 1.85. The maximum atomic E-state index is 12.9. The van der Waals surface area contributed by atoms with Gasteiger partial charge in [-0.05, 0) is 53.9 Å². The van der Waals surface area contributed by atoms with Crippen LogP contribution in [0.1, 0.15) is 24.9 Å². The molecule has 26 heavy (non-hydrogen) atoms. The van der Waals surface area contributed by atoms with Crippen molar-refractivity contribution in [3.05, 3.63) is 83.9 Å². The molecule has 0 radical (unpaired) electrons. The van der Waals surface area contributed by atoms with Crippen LogP contribution in [0.5, 0.6) is 5.75 Å². The summed E-state index contributed by atoms with van der Waals surface area (Å²) in [7, 11) is 1.64. The number of nitrogens with zero attached hydrogens (tertiary/aromatic N) is 1. The minimum atomic E-state index is -0.0213. The van der Waals surface area contributed by atoms with Gasteiger partial charge in [-0.3, -0.25) is 4.79 Å². The highest BCUT2D eigenvalue weighted by Crippen LogP contribution is 2.39. The van der Waals surface area contributed by atoms with E-state index in [9.17, 15) is 4.79 Å². The second-order valence-electron chi connectivity index (χ2n) is 6.69. The molecule has 0 fully saturated rings. The number of ether oxygens (including phenoxy) is 1. The lowest BCUT2D eigenvalue weighted by molar-refractivity contribution is -0.115. The van der Waals surface area contributed by atoms with Gasteiger partial charge in [0.1, 0.15) is 5.75 Å². The van der Waals surface area contributed by atoms with Crippen molar-refractivity contribution in [3.63, 3.8) is 0 Å². The molecular formula is C23H21NO2. The van der Waals surface area contributed by atoms with Gasteiger partial charge in [0.05, 0.1) is 13.2 Å². The first-order valence-electron chi connectivity index (χ1n) is 8.79. The molecule has 1 amide bonds. The molecule has 3 aromatic rings. The third kappa shape index (κ3) is 2.86. The summed E-state index contributed by atoms with van der Waals surface area (Å²) in [6.07, 6.45) is 2.57. The van der Waals surface area contributed by atoms with Gasteiger partial charge < -0.3 is 9.64 Å². The van der Waals surface area contributed by atoms with E-state index in [0.29, 0.717) is 0 Å². The first kappa shape index (κ1) is 16.4. The van der Waals surface area contributed by atoms with E-state index in [1.807, 2.05) is 42.2 Å². The maximum Gasteiger partial charge on any atom is 0.251 e. The molecule has 0 bridgehead atoms. The molecule has 130 valence electrons. The lowest BCUT2D eigenvalue weighted by Gasteiger charge is -2.35. The van der Waals surface area contributed by atoms with Crippen molar-refractivity contribution in [2.45, 2.75) is 19.4 Å². The Labute approximate surface area is 153 Å². The summed E-state index contributed by atoms with van der Waals surface area (Å²) in [5.74, 6) is 0.809. The lowest BCUT2D eigenvalue weighted by Crippen LogP contribution is -2.37. The average molecular weight is 343 g/mol. The van der Waals surface area contributed by atoms with E-state index in [2.05, 4.69) is 36.4 Å². The summed E-state index contributed by atoms with van der Waals surface area (Å²) < 4.78 is 5.25. The van der Waals surface area contributed by atoms with Crippen LogP contribution in [0.3, 0.4) is 0 Å². The van der Waals surface area contributed by atoms with Crippen LogP contribution in [0.15, 0.2) is 78.4 Å². The highest BCUT2D eigenvalue weighted by molar-refractivity contribution is 6.04. The predicted molar refractivity (Wildman–Crippen MR) is 106 cm³/mol. The molecule has 4 rings (SSSR count). The maximum absolute atomic E-state index is 12.9. The van der Waals surface area contributed by atoms with Crippen LogP contribution in [0.2, 0.25) is 0 Å². The summed E-state index contributed by atoms with van der Waals surface area (Å²) >= 11 is 0. The summed E-state index contributed by atoms with van der Waals surface area (Å²) in [5.41, 5.74) is 3.18. The van der Waals surface area contributed by atoms with Gasteiger partial charge in [-0.25, -0.2) is 0 Å². The highest BCUT2D eigenvalue weighted by Gasteiger charge is 2.30. The van der Waals surface area contributed by atoms with E-state index in [-0.39, 0.29) is 11.9 Å². The van der Waals surface area contributed by atoms with Crippen molar-refractivity contribution >= 4 is 22.4 Å². The van der Waals surface area contributed by atoms with E-state index < -0.39 is 0 Å².